The molecule has 0 aliphatic heterocycles. The topological polar surface area (TPSA) is 12.0 Å². The second-order valence-corrected chi connectivity index (χ2v) is 6.06. The van der Waals surface area contributed by atoms with Crippen molar-refractivity contribution in [1.29, 1.82) is 0 Å². The van der Waals surface area contributed by atoms with Gasteiger partial charge in [-0.15, -0.1) is 0 Å². The van der Waals surface area contributed by atoms with Crippen molar-refractivity contribution in [3.8, 4) is 0 Å². The van der Waals surface area contributed by atoms with Crippen LogP contribution < -0.4 is 5.32 Å². The third-order valence-corrected chi connectivity index (χ3v) is 4.38. The van der Waals surface area contributed by atoms with Crippen molar-refractivity contribution < 1.29 is 4.39 Å². The molecule has 0 unspecified atom stereocenters. The van der Waals surface area contributed by atoms with Gasteiger partial charge in [0.2, 0.25) is 0 Å². The van der Waals surface area contributed by atoms with E-state index in [2.05, 4.69) is 11.6 Å². The van der Waals surface area contributed by atoms with Crippen LogP contribution in [0.4, 0.5) is 4.39 Å². The first kappa shape index (κ1) is 13.9. The summed E-state index contributed by atoms with van der Waals surface area (Å²) in [5.41, 5.74) is 1.29. The number of benzene rings is 1. The lowest BCUT2D eigenvalue weighted by molar-refractivity contribution is 0.290. The average molecular weight is 267 g/mol. The fourth-order valence-electron chi connectivity index (χ4n) is 2.47. The third-order valence-electron chi connectivity index (χ3n) is 3.69. The van der Waals surface area contributed by atoms with Crippen LogP contribution >= 0.6 is 11.8 Å². The minimum absolute atomic E-state index is 0.137. The van der Waals surface area contributed by atoms with Crippen LogP contribution in [-0.2, 0) is 0 Å². The van der Waals surface area contributed by atoms with Crippen LogP contribution in [0.25, 0.3) is 0 Å². The number of nitrogens with one attached hydrogen (secondary N) is 1. The molecule has 0 aromatic heterocycles. The standard InChI is InChI=1S/C15H22FNS/c1-18-9-3-2-8-17-15-10-13(11-15)12-4-6-14(16)7-5-12/h4-7,13,15,17H,2-3,8-11H2,1H3. The predicted octanol–water partition coefficient (Wildman–Crippen LogP) is 3.80. The molecule has 0 heterocycles. The summed E-state index contributed by atoms with van der Waals surface area (Å²) in [5, 5.41) is 3.61. The first-order valence-corrected chi connectivity index (χ1v) is 8.17. The zero-order chi connectivity index (χ0) is 12.8. The van der Waals surface area contributed by atoms with Crippen molar-refractivity contribution in [2.75, 3.05) is 18.6 Å². The van der Waals surface area contributed by atoms with Gasteiger partial charge in [-0.1, -0.05) is 12.1 Å². The van der Waals surface area contributed by atoms with E-state index in [1.165, 1.54) is 37.0 Å². The molecule has 1 aliphatic rings. The SMILES string of the molecule is CSCCCCNC1CC(c2ccc(F)cc2)C1. The van der Waals surface area contributed by atoms with Gasteiger partial charge in [0, 0.05) is 6.04 Å². The summed E-state index contributed by atoms with van der Waals surface area (Å²) in [6, 6.07) is 7.66. The lowest BCUT2D eigenvalue weighted by atomic mass is 9.76. The van der Waals surface area contributed by atoms with Gasteiger partial charge in [0.15, 0.2) is 0 Å². The van der Waals surface area contributed by atoms with Crippen molar-refractivity contribution in [3.63, 3.8) is 0 Å². The Balaban J connectivity index is 1.60. The van der Waals surface area contributed by atoms with Crippen molar-refractivity contribution in [2.24, 2.45) is 0 Å². The molecule has 100 valence electrons. The molecule has 1 aromatic rings. The highest BCUT2D eigenvalue weighted by molar-refractivity contribution is 7.98. The van der Waals surface area contributed by atoms with Crippen molar-refractivity contribution >= 4 is 11.8 Å². The summed E-state index contributed by atoms with van der Waals surface area (Å²) in [4.78, 5) is 0. The minimum Gasteiger partial charge on any atom is -0.314 e. The van der Waals surface area contributed by atoms with Gasteiger partial charge in [0.05, 0.1) is 0 Å². The predicted molar refractivity (Wildman–Crippen MR) is 77.8 cm³/mol. The Kier molecular flexibility index (Phi) is 5.51. The van der Waals surface area contributed by atoms with E-state index in [1.807, 2.05) is 23.9 Å². The molecule has 1 fully saturated rings. The Morgan fingerprint density at radius 3 is 2.61 bits per heavy atom. The summed E-state index contributed by atoms with van der Waals surface area (Å²) in [7, 11) is 0. The highest BCUT2D eigenvalue weighted by atomic mass is 32.2. The summed E-state index contributed by atoms with van der Waals surface area (Å²) >= 11 is 1.92. The molecule has 1 nitrogen and oxygen atoms in total. The van der Waals surface area contributed by atoms with Crippen LogP contribution in [0.2, 0.25) is 0 Å². The molecule has 0 amide bonds. The van der Waals surface area contributed by atoms with Gasteiger partial charge in [-0.2, -0.15) is 11.8 Å². The fourth-order valence-corrected chi connectivity index (χ4v) is 2.96. The molecule has 18 heavy (non-hydrogen) atoms. The van der Waals surface area contributed by atoms with E-state index < -0.39 is 0 Å². The first-order valence-electron chi connectivity index (χ1n) is 6.77. The van der Waals surface area contributed by atoms with Gasteiger partial charge in [-0.25, -0.2) is 4.39 Å². The maximum atomic E-state index is 12.8. The van der Waals surface area contributed by atoms with Crippen LogP contribution in [0.1, 0.15) is 37.2 Å². The van der Waals surface area contributed by atoms with E-state index in [4.69, 9.17) is 0 Å². The average Bonchev–Trinajstić information content (AvgIpc) is 2.33. The largest absolute Gasteiger partial charge is 0.314 e. The molecule has 0 bridgehead atoms. The minimum atomic E-state index is -0.137. The first-order chi connectivity index (χ1) is 8.79. The van der Waals surface area contributed by atoms with E-state index in [0.717, 1.165) is 6.54 Å². The van der Waals surface area contributed by atoms with Crippen LogP contribution in [-0.4, -0.2) is 24.6 Å². The normalized spacial score (nSPS) is 22.8. The molecule has 1 saturated carbocycles. The number of hydrogen-bond donors (Lipinski definition) is 1. The monoisotopic (exact) mass is 267 g/mol. The molecule has 0 saturated heterocycles. The Morgan fingerprint density at radius 2 is 1.94 bits per heavy atom. The smallest absolute Gasteiger partial charge is 0.123 e. The number of halogens is 1. The highest BCUT2D eigenvalue weighted by Crippen LogP contribution is 2.36. The molecule has 1 aromatic carbocycles. The zero-order valence-electron chi connectivity index (χ0n) is 11.0. The molecular formula is C15H22FNS. The maximum absolute atomic E-state index is 12.8. The number of hydrogen-bond acceptors (Lipinski definition) is 2. The Bertz CT molecular complexity index is 346. The van der Waals surface area contributed by atoms with Crippen LogP contribution in [0.5, 0.6) is 0 Å². The van der Waals surface area contributed by atoms with Gasteiger partial charge in [-0.05, 0) is 67.9 Å². The summed E-state index contributed by atoms with van der Waals surface area (Å²) in [6.45, 7) is 1.14. The fraction of sp³-hybridized carbons (Fsp3) is 0.600. The van der Waals surface area contributed by atoms with Gasteiger partial charge in [0.25, 0.3) is 0 Å². The highest BCUT2D eigenvalue weighted by Gasteiger charge is 2.29. The zero-order valence-corrected chi connectivity index (χ0v) is 11.8. The molecule has 1 N–H and O–H groups in total. The number of thioether (sulfide) groups is 1. The van der Waals surface area contributed by atoms with Gasteiger partial charge >= 0.3 is 0 Å². The quantitative estimate of drug-likeness (QED) is 0.754. The Hall–Kier alpha value is -0.540. The second-order valence-electron chi connectivity index (χ2n) is 5.07. The molecule has 0 spiro atoms. The Morgan fingerprint density at radius 1 is 1.22 bits per heavy atom. The van der Waals surface area contributed by atoms with Crippen LogP contribution in [0, 0.1) is 5.82 Å². The number of unbranched alkanes of at least 4 members (excludes halogenated alkanes) is 1. The molecule has 0 radical (unpaired) electrons. The van der Waals surface area contributed by atoms with E-state index in [1.54, 1.807) is 12.1 Å². The van der Waals surface area contributed by atoms with E-state index >= 15 is 0 Å². The van der Waals surface area contributed by atoms with Crippen LogP contribution in [0.3, 0.4) is 0 Å². The third kappa shape index (κ3) is 3.99. The van der Waals surface area contributed by atoms with Gasteiger partial charge in [-0.3, -0.25) is 0 Å². The summed E-state index contributed by atoms with van der Waals surface area (Å²) in [6.07, 6.45) is 7.15. The Labute approximate surface area is 114 Å². The van der Waals surface area contributed by atoms with Crippen molar-refractivity contribution in [2.45, 2.75) is 37.6 Å². The number of rotatable bonds is 7. The molecular weight excluding hydrogens is 245 g/mol. The second kappa shape index (κ2) is 7.15. The molecule has 2 rings (SSSR count). The summed E-state index contributed by atoms with van der Waals surface area (Å²) < 4.78 is 12.8. The summed E-state index contributed by atoms with van der Waals surface area (Å²) in [5.74, 6) is 1.76. The maximum Gasteiger partial charge on any atom is 0.123 e. The van der Waals surface area contributed by atoms with Crippen molar-refractivity contribution in [3.05, 3.63) is 35.6 Å². The van der Waals surface area contributed by atoms with E-state index in [0.29, 0.717) is 12.0 Å². The molecule has 0 atom stereocenters. The molecule has 1 aliphatic carbocycles. The van der Waals surface area contributed by atoms with E-state index in [9.17, 15) is 4.39 Å². The molecule has 3 heteroatoms. The van der Waals surface area contributed by atoms with E-state index in [-0.39, 0.29) is 5.82 Å². The lowest BCUT2D eigenvalue weighted by Gasteiger charge is -2.36. The van der Waals surface area contributed by atoms with Crippen molar-refractivity contribution in [1.82, 2.24) is 5.32 Å². The van der Waals surface area contributed by atoms with Gasteiger partial charge < -0.3 is 5.32 Å². The lowest BCUT2D eigenvalue weighted by Crippen LogP contribution is -2.40. The van der Waals surface area contributed by atoms with Gasteiger partial charge in [0.1, 0.15) is 5.82 Å². The van der Waals surface area contributed by atoms with Crippen LogP contribution in [0.15, 0.2) is 24.3 Å².